The van der Waals surface area contributed by atoms with Crippen molar-refractivity contribution < 1.29 is 5.11 Å². The minimum Gasteiger partial charge on any atom is -0.393 e. The number of aliphatic hydroxyl groups is 1. The van der Waals surface area contributed by atoms with Gasteiger partial charge in [0.1, 0.15) is 11.6 Å². The van der Waals surface area contributed by atoms with Crippen LogP contribution >= 0.6 is 11.8 Å². The molecule has 1 aromatic heterocycles. The number of aromatic nitrogens is 2. The van der Waals surface area contributed by atoms with E-state index in [-0.39, 0.29) is 0 Å². The Morgan fingerprint density at radius 1 is 1.46 bits per heavy atom. The Hall–Kier alpha value is -1.01. The molecule has 0 fully saturated rings. The molecule has 0 aliphatic carbocycles. The van der Waals surface area contributed by atoms with Crippen molar-refractivity contribution in [2.75, 3.05) is 17.2 Å². The van der Waals surface area contributed by atoms with E-state index in [1.807, 2.05) is 0 Å². The first-order valence-corrected chi connectivity index (χ1v) is 4.77. The third-order valence-corrected chi connectivity index (χ3v) is 2.29. The monoisotopic (exact) mass is 200 g/mol. The fourth-order valence-corrected chi connectivity index (χ4v) is 1.45. The van der Waals surface area contributed by atoms with Crippen molar-refractivity contribution in [2.45, 2.75) is 18.2 Å². The Morgan fingerprint density at radius 2 is 2.00 bits per heavy atom. The van der Waals surface area contributed by atoms with E-state index in [0.29, 0.717) is 22.5 Å². The van der Waals surface area contributed by atoms with E-state index < -0.39 is 6.10 Å². The molecular formula is C7H12N4OS. The van der Waals surface area contributed by atoms with E-state index in [1.165, 1.54) is 17.8 Å². The second-order valence-corrected chi connectivity index (χ2v) is 3.65. The molecule has 0 saturated carbocycles. The Balaban J connectivity index is 2.66. The van der Waals surface area contributed by atoms with Crippen LogP contribution in [-0.4, -0.2) is 26.9 Å². The number of hydrogen-bond donors (Lipinski definition) is 3. The highest BCUT2D eigenvalue weighted by molar-refractivity contribution is 7.99. The summed E-state index contributed by atoms with van der Waals surface area (Å²) >= 11 is 1.32. The normalized spacial score (nSPS) is 12.8. The fraction of sp³-hybridized carbons (Fsp3) is 0.429. The zero-order chi connectivity index (χ0) is 9.84. The summed E-state index contributed by atoms with van der Waals surface area (Å²) in [5.41, 5.74) is 10.9. The lowest BCUT2D eigenvalue weighted by molar-refractivity contribution is 0.220. The summed E-state index contributed by atoms with van der Waals surface area (Å²) in [7, 11) is 0. The first kappa shape index (κ1) is 10.1. The van der Waals surface area contributed by atoms with Crippen molar-refractivity contribution >= 4 is 23.4 Å². The number of nitrogens with zero attached hydrogens (tertiary/aromatic N) is 2. The lowest BCUT2D eigenvalue weighted by Gasteiger charge is -2.03. The Labute approximate surface area is 80.6 Å². The summed E-state index contributed by atoms with van der Waals surface area (Å²) in [5.74, 6) is 1.23. The van der Waals surface area contributed by atoms with Crippen molar-refractivity contribution in [3.8, 4) is 0 Å². The molecule has 0 aliphatic heterocycles. The van der Waals surface area contributed by atoms with E-state index >= 15 is 0 Å². The van der Waals surface area contributed by atoms with Gasteiger partial charge in [-0.3, -0.25) is 0 Å². The summed E-state index contributed by atoms with van der Waals surface area (Å²) < 4.78 is 0. The molecule has 0 spiro atoms. The molecule has 72 valence electrons. The van der Waals surface area contributed by atoms with E-state index in [4.69, 9.17) is 16.6 Å². The maximum Gasteiger partial charge on any atom is 0.191 e. The lowest BCUT2D eigenvalue weighted by Crippen LogP contribution is -2.05. The standard InChI is InChI=1S/C7H12N4OS/c1-4(12)3-13-7-10-5(8)2-6(9)11-7/h2,4,12H,3H2,1H3,(H4,8,9,10,11)/t4-/m1/s1. The molecule has 1 aromatic rings. The highest BCUT2D eigenvalue weighted by Gasteiger charge is 2.03. The van der Waals surface area contributed by atoms with Gasteiger partial charge in [0.25, 0.3) is 0 Å². The van der Waals surface area contributed by atoms with Gasteiger partial charge in [0.15, 0.2) is 5.16 Å². The van der Waals surface area contributed by atoms with Gasteiger partial charge in [0.05, 0.1) is 6.10 Å². The molecule has 0 radical (unpaired) electrons. The van der Waals surface area contributed by atoms with Gasteiger partial charge in [0.2, 0.25) is 0 Å². The Morgan fingerprint density at radius 3 is 2.46 bits per heavy atom. The zero-order valence-electron chi connectivity index (χ0n) is 7.27. The Bertz CT molecular complexity index is 272. The van der Waals surface area contributed by atoms with Crippen LogP contribution in [0, 0.1) is 0 Å². The van der Waals surface area contributed by atoms with Crippen LogP contribution in [0.5, 0.6) is 0 Å². The average molecular weight is 200 g/mol. The lowest BCUT2D eigenvalue weighted by atomic mass is 10.5. The van der Waals surface area contributed by atoms with Crippen molar-refractivity contribution in [3.63, 3.8) is 0 Å². The highest BCUT2D eigenvalue weighted by atomic mass is 32.2. The summed E-state index contributed by atoms with van der Waals surface area (Å²) in [6.07, 6.45) is -0.392. The largest absolute Gasteiger partial charge is 0.393 e. The third kappa shape index (κ3) is 3.47. The van der Waals surface area contributed by atoms with Crippen LogP contribution in [0.25, 0.3) is 0 Å². The summed E-state index contributed by atoms with van der Waals surface area (Å²) in [6, 6.07) is 1.49. The van der Waals surface area contributed by atoms with Gasteiger partial charge < -0.3 is 16.6 Å². The minimum absolute atomic E-state index is 0.348. The van der Waals surface area contributed by atoms with E-state index in [1.54, 1.807) is 6.92 Å². The maximum absolute atomic E-state index is 9.01. The van der Waals surface area contributed by atoms with Crippen molar-refractivity contribution in [3.05, 3.63) is 6.07 Å². The van der Waals surface area contributed by atoms with Crippen molar-refractivity contribution in [1.82, 2.24) is 9.97 Å². The molecule has 6 heteroatoms. The van der Waals surface area contributed by atoms with Crippen LogP contribution in [0.3, 0.4) is 0 Å². The van der Waals surface area contributed by atoms with Gasteiger partial charge in [0, 0.05) is 11.8 Å². The molecule has 1 heterocycles. The van der Waals surface area contributed by atoms with Gasteiger partial charge in [-0.25, -0.2) is 9.97 Å². The SMILES string of the molecule is C[C@@H](O)CSc1nc(N)cc(N)n1. The van der Waals surface area contributed by atoms with Crippen LogP contribution in [0.1, 0.15) is 6.92 Å². The van der Waals surface area contributed by atoms with E-state index in [0.717, 1.165) is 0 Å². The highest BCUT2D eigenvalue weighted by Crippen LogP contribution is 2.16. The predicted octanol–water partition coefficient (Wildman–Crippen LogP) is 0.114. The number of rotatable bonds is 3. The number of thioether (sulfide) groups is 1. The minimum atomic E-state index is -0.392. The average Bonchev–Trinajstić information content (AvgIpc) is 1.99. The van der Waals surface area contributed by atoms with Gasteiger partial charge in [-0.15, -0.1) is 0 Å². The quantitative estimate of drug-likeness (QED) is 0.473. The second kappa shape index (κ2) is 4.29. The Kier molecular flexibility index (Phi) is 3.32. The molecule has 5 N–H and O–H groups in total. The van der Waals surface area contributed by atoms with Gasteiger partial charge in [-0.05, 0) is 6.92 Å². The third-order valence-electron chi connectivity index (χ3n) is 1.20. The van der Waals surface area contributed by atoms with Crippen LogP contribution in [0.4, 0.5) is 11.6 Å². The smallest absolute Gasteiger partial charge is 0.191 e. The number of anilines is 2. The van der Waals surface area contributed by atoms with Crippen LogP contribution < -0.4 is 11.5 Å². The molecule has 0 saturated heterocycles. The topological polar surface area (TPSA) is 98.0 Å². The van der Waals surface area contributed by atoms with Crippen LogP contribution in [0.2, 0.25) is 0 Å². The molecule has 0 aliphatic rings. The second-order valence-electron chi connectivity index (χ2n) is 2.66. The molecule has 0 aromatic carbocycles. The number of hydrogen-bond acceptors (Lipinski definition) is 6. The molecule has 13 heavy (non-hydrogen) atoms. The molecule has 0 unspecified atom stereocenters. The fourth-order valence-electron chi connectivity index (χ4n) is 0.722. The summed E-state index contributed by atoms with van der Waals surface area (Å²) in [6.45, 7) is 1.70. The van der Waals surface area contributed by atoms with Crippen LogP contribution in [0.15, 0.2) is 11.2 Å². The van der Waals surface area contributed by atoms with Gasteiger partial charge in [-0.1, -0.05) is 11.8 Å². The number of aliphatic hydroxyl groups excluding tert-OH is 1. The van der Waals surface area contributed by atoms with Crippen LogP contribution in [-0.2, 0) is 0 Å². The van der Waals surface area contributed by atoms with Gasteiger partial charge in [-0.2, -0.15) is 0 Å². The zero-order valence-corrected chi connectivity index (χ0v) is 8.08. The first-order chi connectivity index (χ1) is 6.08. The van der Waals surface area contributed by atoms with Gasteiger partial charge >= 0.3 is 0 Å². The molecule has 0 bridgehead atoms. The predicted molar refractivity (Wildman–Crippen MR) is 53.3 cm³/mol. The van der Waals surface area contributed by atoms with E-state index in [2.05, 4.69) is 9.97 Å². The molecule has 1 atom stereocenters. The summed E-state index contributed by atoms with van der Waals surface area (Å²) in [5, 5.41) is 9.51. The van der Waals surface area contributed by atoms with Crippen molar-refractivity contribution in [2.24, 2.45) is 0 Å². The molecule has 1 rings (SSSR count). The molecule has 0 amide bonds. The molecule has 5 nitrogen and oxygen atoms in total. The van der Waals surface area contributed by atoms with E-state index in [9.17, 15) is 0 Å². The van der Waals surface area contributed by atoms with Crippen molar-refractivity contribution in [1.29, 1.82) is 0 Å². The summed E-state index contributed by atoms with van der Waals surface area (Å²) in [4.78, 5) is 7.89. The first-order valence-electron chi connectivity index (χ1n) is 3.79. The maximum atomic E-state index is 9.01. The number of nitrogen functional groups attached to an aromatic ring is 2. The number of nitrogens with two attached hydrogens (primary N) is 2. The molecular weight excluding hydrogens is 188 g/mol.